The Kier molecular flexibility index (Phi) is 5.68. The number of hydrogen-bond acceptors (Lipinski definition) is 2. The highest BCUT2D eigenvalue weighted by Crippen LogP contribution is 2.32. The molecule has 0 aromatic heterocycles. The van der Waals surface area contributed by atoms with Crippen molar-refractivity contribution in [1.29, 1.82) is 0 Å². The van der Waals surface area contributed by atoms with Crippen LogP contribution in [-0.4, -0.2) is 6.04 Å². The second-order valence-electron chi connectivity index (χ2n) is 5.16. The van der Waals surface area contributed by atoms with E-state index in [1.807, 2.05) is 43.3 Å². The third-order valence-corrected chi connectivity index (χ3v) is 4.38. The summed E-state index contributed by atoms with van der Waals surface area (Å²) in [5.41, 5.74) is 8.30. The van der Waals surface area contributed by atoms with Gasteiger partial charge in [-0.05, 0) is 55.2 Å². The molecule has 112 valence electrons. The summed E-state index contributed by atoms with van der Waals surface area (Å²) in [5, 5.41) is 0.614. The summed E-state index contributed by atoms with van der Waals surface area (Å²) in [4.78, 5) is 0. The van der Waals surface area contributed by atoms with Crippen molar-refractivity contribution < 1.29 is 4.74 Å². The minimum Gasteiger partial charge on any atom is -0.456 e. The molecular formula is C17H19BrClNO. The predicted molar refractivity (Wildman–Crippen MR) is 92.4 cm³/mol. The molecule has 0 amide bonds. The molecule has 0 aliphatic carbocycles. The summed E-state index contributed by atoms with van der Waals surface area (Å²) in [6.07, 6.45) is 1.81. The van der Waals surface area contributed by atoms with Crippen LogP contribution in [0.2, 0.25) is 5.02 Å². The Morgan fingerprint density at radius 1 is 1.24 bits per heavy atom. The van der Waals surface area contributed by atoms with Crippen LogP contribution in [0.3, 0.4) is 0 Å². The van der Waals surface area contributed by atoms with Gasteiger partial charge in [0.25, 0.3) is 0 Å². The number of halogens is 2. The first-order valence-corrected chi connectivity index (χ1v) is 8.14. The van der Waals surface area contributed by atoms with Crippen LogP contribution in [0.4, 0.5) is 0 Å². The molecule has 0 aliphatic heterocycles. The van der Waals surface area contributed by atoms with Crippen LogP contribution in [0.15, 0.2) is 40.9 Å². The molecule has 0 saturated carbocycles. The number of rotatable bonds is 5. The van der Waals surface area contributed by atoms with E-state index in [1.165, 1.54) is 5.56 Å². The van der Waals surface area contributed by atoms with Gasteiger partial charge < -0.3 is 10.5 Å². The molecule has 21 heavy (non-hydrogen) atoms. The van der Waals surface area contributed by atoms with Gasteiger partial charge in [0.1, 0.15) is 11.5 Å². The summed E-state index contributed by atoms with van der Waals surface area (Å²) in [5.74, 6) is 1.41. The highest BCUT2D eigenvalue weighted by Gasteiger charge is 2.08. The van der Waals surface area contributed by atoms with Crippen LogP contribution in [0, 0.1) is 6.92 Å². The van der Waals surface area contributed by atoms with Gasteiger partial charge in [-0.25, -0.2) is 0 Å². The lowest BCUT2D eigenvalue weighted by Crippen LogP contribution is -2.21. The average molecular weight is 369 g/mol. The van der Waals surface area contributed by atoms with Gasteiger partial charge in [0, 0.05) is 10.5 Å². The Morgan fingerprint density at radius 2 is 2.00 bits per heavy atom. The van der Waals surface area contributed by atoms with Crippen molar-refractivity contribution in [2.75, 3.05) is 0 Å². The van der Waals surface area contributed by atoms with Crippen molar-refractivity contribution in [2.45, 2.75) is 32.7 Å². The lowest BCUT2D eigenvalue weighted by molar-refractivity contribution is 0.482. The second-order valence-corrected chi connectivity index (χ2v) is 6.42. The van der Waals surface area contributed by atoms with E-state index in [4.69, 9.17) is 22.1 Å². The van der Waals surface area contributed by atoms with Gasteiger partial charge in [-0.1, -0.05) is 46.6 Å². The van der Waals surface area contributed by atoms with E-state index in [-0.39, 0.29) is 6.04 Å². The van der Waals surface area contributed by atoms with Gasteiger partial charge in [-0.2, -0.15) is 0 Å². The Bertz CT molecular complexity index is 630. The molecule has 0 aliphatic rings. The zero-order chi connectivity index (χ0) is 15.4. The molecule has 0 spiro atoms. The van der Waals surface area contributed by atoms with E-state index < -0.39 is 0 Å². The molecule has 2 N–H and O–H groups in total. The Labute approximate surface area is 139 Å². The number of ether oxygens (including phenoxy) is 1. The summed E-state index contributed by atoms with van der Waals surface area (Å²) in [6, 6.07) is 11.9. The summed E-state index contributed by atoms with van der Waals surface area (Å²) < 4.78 is 6.84. The minimum absolute atomic E-state index is 0.180. The summed E-state index contributed by atoms with van der Waals surface area (Å²) in [7, 11) is 0. The van der Waals surface area contributed by atoms with Crippen molar-refractivity contribution in [3.63, 3.8) is 0 Å². The SMILES string of the molecule is CCC(N)Cc1ccc(Oc2ccc(C)cc2Cl)cc1Br. The van der Waals surface area contributed by atoms with Gasteiger partial charge in [0.2, 0.25) is 0 Å². The molecular weight excluding hydrogens is 350 g/mol. The maximum atomic E-state index is 6.18. The zero-order valence-corrected chi connectivity index (χ0v) is 14.5. The standard InChI is InChI=1S/C17H19BrClNO/c1-3-13(20)9-12-5-6-14(10-15(12)18)21-17-7-4-11(2)8-16(17)19/h4-8,10,13H,3,9,20H2,1-2H3. The first kappa shape index (κ1) is 16.3. The molecule has 4 heteroatoms. The van der Waals surface area contributed by atoms with Gasteiger partial charge >= 0.3 is 0 Å². The van der Waals surface area contributed by atoms with E-state index in [2.05, 4.69) is 22.9 Å². The molecule has 0 heterocycles. The first-order valence-electron chi connectivity index (χ1n) is 6.97. The second kappa shape index (κ2) is 7.30. The molecule has 0 bridgehead atoms. The molecule has 0 fully saturated rings. The quantitative estimate of drug-likeness (QED) is 0.758. The summed E-state index contributed by atoms with van der Waals surface area (Å²) in [6.45, 7) is 4.09. The van der Waals surface area contributed by atoms with Crippen molar-refractivity contribution in [3.8, 4) is 11.5 Å². The Hall–Kier alpha value is -1.03. The van der Waals surface area contributed by atoms with Gasteiger partial charge in [0.05, 0.1) is 5.02 Å². The van der Waals surface area contributed by atoms with Gasteiger partial charge in [0.15, 0.2) is 0 Å². The third-order valence-electron chi connectivity index (χ3n) is 3.35. The number of hydrogen-bond donors (Lipinski definition) is 1. The van der Waals surface area contributed by atoms with E-state index in [0.29, 0.717) is 10.8 Å². The first-order chi connectivity index (χ1) is 9.99. The fourth-order valence-corrected chi connectivity index (χ4v) is 2.79. The van der Waals surface area contributed by atoms with Crippen LogP contribution in [0.1, 0.15) is 24.5 Å². The maximum Gasteiger partial charge on any atom is 0.146 e. The van der Waals surface area contributed by atoms with Crippen LogP contribution in [0.25, 0.3) is 0 Å². The topological polar surface area (TPSA) is 35.2 Å². The van der Waals surface area contributed by atoms with Crippen molar-refractivity contribution >= 4 is 27.5 Å². The Balaban J connectivity index is 2.16. The highest BCUT2D eigenvalue weighted by molar-refractivity contribution is 9.10. The largest absolute Gasteiger partial charge is 0.456 e. The van der Waals surface area contributed by atoms with Gasteiger partial charge in [-0.3, -0.25) is 0 Å². The van der Waals surface area contributed by atoms with Crippen LogP contribution >= 0.6 is 27.5 Å². The van der Waals surface area contributed by atoms with Crippen molar-refractivity contribution in [2.24, 2.45) is 5.73 Å². The van der Waals surface area contributed by atoms with Crippen molar-refractivity contribution in [3.05, 3.63) is 57.0 Å². The number of nitrogens with two attached hydrogens (primary N) is 1. The van der Waals surface area contributed by atoms with E-state index in [0.717, 1.165) is 28.6 Å². The zero-order valence-electron chi connectivity index (χ0n) is 12.2. The molecule has 2 aromatic carbocycles. The molecule has 1 atom stereocenters. The highest BCUT2D eigenvalue weighted by atomic mass is 79.9. The minimum atomic E-state index is 0.180. The molecule has 0 radical (unpaired) electrons. The Morgan fingerprint density at radius 3 is 2.62 bits per heavy atom. The smallest absolute Gasteiger partial charge is 0.146 e. The average Bonchev–Trinajstić information content (AvgIpc) is 2.44. The number of aryl methyl sites for hydroxylation is 1. The van der Waals surface area contributed by atoms with Crippen LogP contribution < -0.4 is 10.5 Å². The molecule has 2 rings (SSSR count). The number of benzene rings is 2. The van der Waals surface area contributed by atoms with Crippen LogP contribution in [-0.2, 0) is 6.42 Å². The molecule has 2 aromatic rings. The van der Waals surface area contributed by atoms with E-state index in [9.17, 15) is 0 Å². The fraction of sp³-hybridized carbons (Fsp3) is 0.294. The normalized spacial score (nSPS) is 12.2. The molecule has 0 saturated heterocycles. The van der Waals surface area contributed by atoms with Crippen LogP contribution in [0.5, 0.6) is 11.5 Å². The van der Waals surface area contributed by atoms with Gasteiger partial charge in [-0.15, -0.1) is 0 Å². The molecule has 1 unspecified atom stereocenters. The predicted octanol–water partition coefficient (Wildman–Crippen LogP) is 5.48. The molecule has 2 nitrogen and oxygen atoms in total. The van der Waals surface area contributed by atoms with Crippen molar-refractivity contribution in [1.82, 2.24) is 0 Å². The lowest BCUT2D eigenvalue weighted by atomic mass is 10.0. The fourth-order valence-electron chi connectivity index (χ4n) is 2.00. The third kappa shape index (κ3) is 4.47. The summed E-state index contributed by atoms with van der Waals surface area (Å²) >= 11 is 9.76. The van der Waals surface area contributed by atoms with E-state index in [1.54, 1.807) is 0 Å². The monoisotopic (exact) mass is 367 g/mol. The lowest BCUT2D eigenvalue weighted by Gasteiger charge is -2.13. The maximum absolute atomic E-state index is 6.18. The van der Waals surface area contributed by atoms with E-state index >= 15 is 0 Å².